The Bertz CT molecular complexity index is 1540. The zero-order valence-electron chi connectivity index (χ0n) is 21.0. The summed E-state index contributed by atoms with van der Waals surface area (Å²) >= 11 is 13.9. The number of carbonyl (C=O) groups is 1. The first kappa shape index (κ1) is 27.1. The number of rotatable bonds is 8. The highest BCUT2D eigenvalue weighted by Crippen LogP contribution is 2.38. The van der Waals surface area contributed by atoms with Crippen LogP contribution in [0.4, 0.5) is 10.3 Å². The fraction of sp³-hybridized carbons (Fsp3) is 0.179. The number of fused-ring (bicyclic) bond motifs is 1. The van der Waals surface area contributed by atoms with Gasteiger partial charge < -0.3 is 14.8 Å². The molecule has 39 heavy (non-hydrogen) atoms. The molecule has 3 aromatic carbocycles. The molecule has 1 aliphatic heterocycles. The number of halogens is 3. The van der Waals surface area contributed by atoms with Crippen LogP contribution in [0.25, 0.3) is 0 Å². The molecule has 5 rings (SSSR count). The lowest BCUT2D eigenvalue weighted by molar-refractivity contribution is -0.136. The van der Waals surface area contributed by atoms with E-state index in [2.05, 4.69) is 10.3 Å². The van der Waals surface area contributed by atoms with Gasteiger partial charge in [-0.2, -0.15) is 4.98 Å². The van der Waals surface area contributed by atoms with Gasteiger partial charge in [0.05, 0.1) is 17.7 Å². The smallest absolute Gasteiger partial charge is 0.338 e. The van der Waals surface area contributed by atoms with E-state index in [1.807, 2.05) is 36.4 Å². The molecule has 0 saturated heterocycles. The van der Waals surface area contributed by atoms with Gasteiger partial charge in [-0.05, 0) is 48.4 Å². The second-order valence-corrected chi connectivity index (χ2v) is 10.4. The lowest BCUT2D eigenvalue weighted by atomic mass is 9.96. The molecule has 1 N–H and O–H groups in total. The van der Waals surface area contributed by atoms with E-state index >= 15 is 0 Å². The summed E-state index contributed by atoms with van der Waals surface area (Å²) in [6, 6.07) is 18.7. The average Bonchev–Trinajstić information content (AvgIpc) is 3.34. The van der Waals surface area contributed by atoms with Crippen LogP contribution in [-0.2, 0) is 21.9 Å². The zero-order chi connectivity index (χ0) is 27.5. The van der Waals surface area contributed by atoms with E-state index in [4.69, 9.17) is 37.8 Å². The topological polar surface area (TPSA) is 78.3 Å². The van der Waals surface area contributed by atoms with Crippen molar-refractivity contribution in [3.05, 3.63) is 111 Å². The number of methoxy groups -OCH3 is 1. The van der Waals surface area contributed by atoms with Crippen molar-refractivity contribution < 1.29 is 18.7 Å². The van der Waals surface area contributed by atoms with Crippen molar-refractivity contribution in [2.75, 3.05) is 12.4 Å². The average molecular weight is 585 g/mol. The predicted molar refractivity (Wildman–Crippen MR) is 150 cm³/mol. The van der Waals surface area contributed by atoms with E-state index in [0.717, 1.165) is 11.1 Å². The van der Waals surface area contributed by atoms with Gasteiger partial charge in [0.25, 0.3) is 0 Å². The third-order valence-electron chi connectivity index (χ3n) is 6.19. The Balaban J connectivity index is 1.41. The van der Waals surface area contributed by atoms with Crippen LogP contribution in [0.5, 0.6) is 5.75 Å². The summed E-state index contributed by atoms with van der Waals surface area (Å²) in [5.41, 5.74) is 3.04. The van der Waals surface area contributed by atoms with E-state index in [1.165, 1.54) is 24.9 Å². The molecular weight excluding hydrogens is 562 g/mol. The number of allylic oxidation sites excluding steroid dienone is 1. The van der Waals surface area contributed by atoms with Gasteiger partial charge in [0.2, 0.25) is 11.1 Å². The standard InChI is InChI=1S/C28H23Cl2FN4O3S/c1-16-24(26(36)37-2)25(17-10-12-19(13-11-17)38-14-20-22(30)8-5-9-23(20)31)35-27(32-16)33-28(34-35)39-15-18-6-3-4-7-21(18)29/h3-13,25H,14-15H2,1-2H3,(H,32,33,34). The van der Waals surface area contributed by atoms with Crippen molar-refractivity contribution in [1.29, 1.82) is 0 Å². The van der Waals surface area contributed by atoms with Crippen molar-refractivity contribution in [3.63, 3.8) is 0 Å². The summed E-state index contributed by atoms with van der Waals surface area (Å²) in [7, 11) is 1.34. The van der Waals surface area contributed by atoms with Crippen LogP contribution < -0.4 is 10.1 Å². The van der Waals surface area contributed by atoms with Gasteiger partial charge >= 0.3 is 5.97 Å². The van der Waals surface area contributed by atoms with Gasteiger partial charge in [-0.3, -0.25) is 0 Å². The summed E-state index contributed by atoms with van der Waals surface area (Å²) in [4.78, 5) is 17.5. The fourth-order valence-electron chi connectivity index (χ4n) is 4.20. The number of esters is 1. The highest BCUT2D eigenvalue weighted by molar-refractivity contribution is 7.98. The number of aromatic nitrogens is 3. The molecule has 0 fully saturated rings. The first-order chi connectivity index (χ1) is 18.9. The summed E-state index contributed by atoms with van der Waals surface area (Å²) in [6.45, 7) is 1.77. The minimum atomic E-state index is -0.592. The molecule has 7 nitrogen and oxygen atoms in total. The number of carbonyl (C=O) groups excluding carboxylic acids is 1. The van der Waals surface area contributed by atoms with Gasteiger partial charge in [0.15, 0.2) is 0 Å². The summed E-state index contributed by atoms with van der Waals surface area (Å²) < 4.78 is 26.7. The van der Waals surface area contributed by atoms with Crippen LogP contribution in [0.3, 0.4) is 0 Å². The van der Waals surface area contributed by atoms with E-state index in [1.54, 1.807) is 35.9 Å². The number of nitrogens with one attached hydrogen (secondary N) is 1. The SMILES string of the molecule is COC(=O)C1=C(C)Nc2nc(SCc3ccccc3Cl)nn2C1c1ccc(OCc2c(F)cccc2Cl)cc1. The van der Waals surface area contributed by atoms with Crippen molar-refractivity contribution in [3.8, 4) is 5.75 Å². The summed E-state index contributed by atoms with van der Waals surface area (Å²) in [5.74, 6) is 0.691. The Morgan fingerprint density at radius 1 is 1.08 bits per heavy atom. The maximum atomic E-state index is 14.1. The van der Waals surface area contributed by atoms with Crippen LogP contribution in [-0.4, -0.2) is 27.8 Å². The van der Waals surface area contributed by atoms with Crippen LogP contribution in [0.15, 0.2) is 83.2 Å². The van der Waals surface area contributed by atoms with Crippen LogP contribution >= 0.6 is 35.0 Å². The molecule has 0 spiro atoms. The zero-order valence-corrected chi connectivity index (χ0v) is 23.3. The second kappa shape index (κ2) is 11.7. The van der Waals surface area contributed by atoms with E-state index < -0.39 is 17.8 Å². The van der Waals surface area contributed by atoms with Gasteiger partial charge in [-0.1, -0.05) is 71.4 Å². The molecular formula is C28H23Cl2FN4O3S. The molecule has 1 aromatic heterocycles. The lowest BCUT2D eigenvalue weighted by Crippen LogP contribution is -2.29. The molecule has 0 radical (unpaired) electrons. The Morgan fingerprint density at radius 3 is 2.54 bits per heavy atom. The number of thioether (sulfide) groups is 1. The van der Waals surface area contributed by atoms with Crippen molar-refractivity contribution >= 4 is 46.9 Å². The van der Waals surface area contributed by atoms with Gasteiger partial charge in [-0.15, -0.1) is 5.10 Å². The molecule has 4 aromatic rings. The van der Waals surface area contributed by atoms with Gasteiger partial charge in [0, 0.05) is 22.0 Å². The minimum Gasteiger partial charge on any atom is -0.489 e. The quantitative estimate of drug-likeness (QED) is 0.175. The van der Waals surface area contributed by atoms with E-state index in [0.29, 0.717) is 43.9 Å². The number of nitrogens with zero attached hydrogens (tertiary/aromatic N) is 3. The van der Waals surface area contributed by atoms with Gasteiger partial charge in [-0.25, -0.2) is 13.9 Å². The third kappa shape index (κ3) is 5.75. The van der Waals surface area contributed by atoms with Crippen LogP contribution in [0, 0.1) is 5.82 Å². The number of ether oxygens (including phenoxy) is 2. The third-order valence-corrected chi connectivity index (χ3v) is 7.80. The maximum absolute atomic E-state index is 14.1. The first-order valence-corrected chi connectivity index (χ1v) is 13.6. The molecule has 11 heteroatoms. The predicted octanol–water partition coefficient (Wildman–Crippen LogP) is 7.06. The number of benzene rings is 3. The largest absolute Gasteiger partial charge is 0.489 e. The Morgan fingerprint density at radius 2 is 1.82 bits per heavy atom. The Labute approximate surface area is 238 Å². The highest BCUT2D eigenvalue weighted by atomic mass is 35.5. The molecule has 2 heterocycles. The molecule has 0 amide bonds. The molecule has 0 saturated carbocycles. The Kier molecular flexibility index (Phi) is 8.11. The maximum Gasteiger partial charge on any atom is 0.338 e. The minimum absolute atomic E-state index is 0.0239. The van der Waals surface area contributed by atoms with Crippen molar-refractivity contribution in [2.24, 2.45) is 0 Å². The molecule has 0 aliphatic carbocycles. The Hall–Kier alpha value is -3.53. The first-order valence-electron chi connectivity index (χ1n) is 11.9. The summed E-state index contributed by atoms with van der Waals surface area (Å²) in [5, 5.41) is 9.38. The van der Waals surface area contributed by atoms with Crippen LogP contribution in [0.1, 0.15) is 29.7 Å². The number of hydrogen-bond donors (Lipinski definition) is 1. The molecule has 1 aliphatic rings. The summed E-state index contributed by atoms with van der Waals surface area (Å²) in [6.07, 6.45) is 0. The monoisotopic (exact) mass is 584 g/mol. The van der Waals surface area contributed by atoms with E-state index in [-0.39, 0.29) is 12.2 Å². The second-order valence-electron chi connectivity index (χ2n) is 8.66. The molecule has 1 atom stereocenters. The van der Waals surface area contributed by atoms with Crippen LogP contribution in [0.2, 0.25) is 10.0 Å². The lowest BCUT2D eigenvalue weighted by Gasteiger charge is -2.27. The van der Waals surface area contributed by atoms with Gasteiger partial charge in [0.1, 0.15) is 24.2 Å². The molecule has 200 valence electrons. The fourth-order valence-corrected chi connectivity index (χ4v) is 5.54. The number of hydrogen-bond acceptors (Lipinski definition) is 7. The normalized spacial score (nSPS) is 14.5. The molecule has 0 bridgehead atoms. The number of anilines is 1. The molecule has 1 unspecified atom stereocenters. The highest BCUT2D eigenvalue weighted by Gasteiger charge is 2.35. The van der Waals surface area contributed by atoms with Crippen molar-refractivity contribution in [1.82, 2.24) is 14.8 Å². The van der Waals surface area contributed by atoms with E-state index in [9.17, 15) is 9.18 Å². The van der Waals surface area contributed by atoms with Crippen molar-refractivity contribution in [2.45, 2.75) is 30.5 Å².